The number of nitrogens with one attached hydrogen (secondary N) is 1. The van der Waals surface area contributed by atoms with Crippen molar-refractivity contribution in [2.45, 2.75) is 25.8 Å². The quantitative estimate of drug-likeness (QED) is 0.930. The van der Waals surface area contributed by atoms with E-state index in [9.17, 15) is 0 Å². The minimum Gasteiger partial charge on any atom is -0.493 e. The van der Waals surface area contributed by atoms with E-state index in [0.717, 1.165) is 42.6 Å². The Morgan fingerprint density at radius 3 is 3.16 bits per heavy atom. The van der Waals surface area contributed by atoms with E-state index in [1.165, 1.54) is 5.56 Å². The molecule has 3 nitrogen and oxygen atoms in total. The van der Waals surface area contributed by atoms with E-state index in [2.05, 4.69) is 33.9 Å². The van der Waals surface area contributed by atoms with Crippen molar-refractivity contribution in [1.82, 2.24) is 10.3 Å². The maximum atomic E-state index is 5.68. The zero-order valence-electron chi connectivity index (χ0n) is 11.1. The van der Waals surface area contributed by atoms with E-state index in [-0.39, 0.29) is 0 Å². The molecule has 1 aliphatic rings. The molecule has 0 saturated heterocycles. The van der Waals surface area contributed by atoms with Gasteiger partial charge in [-0.05, 0) is 25.0 Å². The Morgan fingerprint density at radius 1 is 1.42 bits per heavy atom. The van der Waals surface area contributed by atoms with Crippen LogP contribution in [0.5, 0.6) is 5.75 Å². The molecule has 0 bridgehead atoms. The Labute approximate surface area is 117 Å². The predicted molar refractivity (Wildman–Crippen MR) is 77.9 cm³/mol. The van der Waals surface area contributed by atoms with Crippen LogP contribution in [0.3, 0.4) is 0 Å². The third kappa shape index (κ3) is 2.96. The maximum Gasteiger partial charge on any atom is 0.122 e. The van der Waals surface area contributed by atoms with Crippen molar-refractivity contribution in [1.29, 1.82) is 0 Å². The smallest absolute Gasteiger partial charge is 0.122 e. The predicted octanol–water partition coefficient (Wildman–Crippen LogP) is 3.11. The average Bonchev–Trinajstić information content (AvgIpc) is 2.85. The van der Waals surface area contributed by atoms with Crippen LogP contribution in [-0.4, -0.2) is 18.1 Å². The number of rotatable bonds is 4. The molecule has 0 amide bonds. The molecule has 0 fully saturated rings. The number of hydrogen-bond acceptors (Lipinski definition) is 4. The van der Waals surface area contributed by atoms with Crippen LogP contribution in [0.25, 0.3) is 0 Å². The highest BCUT2D eigenvalue weighted by atomic mass is 32.1. The second kappa shape index (κ2) is 5.72. The van der Waals surface area contributed by atoms with Gasteiger partial charge in [0.15, 0.2) is 0 Å². The molecular weight excluding hydrogens is 256 g/mol. The molecule has 1 atom stereocenters. The highest BCUT2D eigenvalue weighted by molar-refractivity contribution is 7.09. The van der Waals surface area contributed by atoms with Gasteiger partial charge in [0.25, 0.3) is 0 Å². The van der Waals surface area contributed by atoms with Crippen LogP contribution in [-0.2, 0) is 6.54 Å². The summed E-state index contributed by atoms with van der Waals surface area (Å²) in [6.07, 6.45) is 1.08. The van der Waals surface area contributed by atoms with E-state index in [1.807, 2.05) is 13.0 Å². The minimum absolute atomic E-state index is 0.546. The van der Waals surface area contributed by atoms with Crippen LogP contribution in [0.2, 0.25) is 0 Å². The average molecular weight is 274 g/mol. The van der Waals surface area contributed by atoms with Gasteiger partial charge in [0.2, 0.25) is 0 Å². The molecule has 1 unspecified atom stereocenters. The summed E-state index contributed by atoms with van der Waals surface area (Å²) in [4.78, 5) is 4.47. The van der Waals surface area contributed by atoms with Crippen molar-refractivity contribution in [2.24, 2.45) is 0 Å². The van der Waals surface area contributed by atoms with E-state index >= 15 is 0 Å². The third-order valence-electron chi connectivity index (χ3n) is 3.45. The third-order valence-corrected chi connectivity index (χ3v) is 4.27. The number of benzene rings is 1. The number of thiazole rings is 1. The van der Waals surface area contributed by atoms with Crippen molar-refractivity contribution in [3.05, 3.63) is 45.9 Å². The number of hydrogen-bond donors (Lipinski definition) is 1. The van der Waals surface area contributed by atoms with E-state index in [4.69, 9.17) is 4.74 Å². The van der Waals surface area contributed by atoms with E-state index in [0.29, 0.717) is 5.92 Å². The van der Waals surface area contributed by atoms with Gasteiger partial charge in [-0.1, -0.05) is 18.2 Å². The van der Waals surface area contributed by atoms with Gasteiger partial charge in [-0.25, -0.2) is 4.98 Å². The normalized spacial score (nSPS) is 17.8. The zero-order chi connectivity index (χ0) is 13.1. The summed E-state index contributed by atoms with van der Waals surface area (Å²) >= 11 is 1.71. The molecule has 2 heterocycles. The standard InChI is InChI=1S/C15H18N2OS/c1-11-17-13(10-19-11)9-16-8-12-6-7-18-15-5-3-2-4-14(12)15/h2-5,10,12,16H,6-9H2,1H3. The minimum atomic E-state index is 0.546. The van der Waals surface area contributed by atoms with Crippen molar-refractivity contribution in [3.8, 4) is 5.75 Å². The monoisotopic (exact) mass is 274 g/mol. The number of aromatic nitrogens is 1. The lowest BCUT2D eigenvalue weighted by Crippen LogP contribution is -2.25. The van der Waals surface area contributed by atoms with Gasteiger partial charge in [0, 0.05) is 24.4 Å². The first-order valence-electron chi connectivity index (χ1n) is 6.66. The number of aryl methyl sites for hydroxylation is 1. The number of fused-ring (bicyclic) bond motifs is 1. The van der Waals surface area contributed by atoms with Crippen LogP contribution in [0, 0.1) is 6.92 Å². The van der Waals surface area contributed by atoms with Crippen molar-refractivity contribution in [2.75, 3.05) is 13.2 Å². The second-order valence-electron chi connectivity index (χ2n) is 4.86. The Morgan fingerprint density at radius 2 is 2.32 bits per heavy atom. The lowest BCUT2D eigenvalue weighted by Gasteiger charge is -2.26. The molecule has 0 aliphatic carbocycles. The first kappa shape index (κ1) is 12.6. The van der Waals surface area contributed by atoms with Crippen LogP contribution < -0.4 is 10.1 Å². The number of ether oxygens (including phenoxy) is 1. The Hall–Kier alpha value is -1.39. The van der Waals surface area contributed by atoms with Gasteiger partial charge in [-0.3, -0.25) is 0 Å². The van der Waals surface area contributed by atoms with Crippen LogP contribution in [0.1, 0.15) is 28.6 Å². The molecule has 100 valence electrons. The SMILES string of the molecule is Cc1nc(CNCC2CCOc3ccccc32)cs1. The summed E-state index contributed by atoms with van der Waals surface area (Å²) in [5.41, 5.74) is 2.47. The summed E-state index contributed by atoms with van der Waals surface area (Å²) < 4.78 is 5.68. The number of para-hydroxylation sites is 1. The summed E-state index contributed by atoms with van der Waals surface area (Å²) in [5.74, 6) is 1.59. The molecule has 2 aromatic rings. The van der Waals surface area contributed by atoms with Gasteiger partial charge >= 0.3 is 0 Å². The summed E-state index contributed by atoms with van der Waals surface area (Å²) in [7, 11) is 0. The van der Waals surface area contributed by atoms with E-state index in [1.54, 1.807) is 11.3 Å². The van der Waals surface area contributed by atoms with Crippen LogP contribution >= 0.6 is 11.3 Å². The molecule has 19 heavy (non-hydrogen) atoms. The first-order chi connectivity index (χ1) is 9.33. The Bertz CT molecular complexity index is 553. The van der Waals surface area contributed by atoms with Crippen molar-refractivity contribution in [3.63, 3.8) is 0 Å². The van der Waals surface area contributed by atoms with Crippen molar-refractivity contribution < 1.29 is 4.74 Å². The number of nitrogens with zero attached hydrogens (tertiary/aromatic N) is 1. The molecule has 1 N–H and O–H groups in total. The highest BCUT2D eigenvalue weighted by Gasteiger charge is 2.20. The van der Waals surface area contributed by atoms with Gasteiger partial charge in [0.05, 0.1) is 17.3 Å². The Balaban J connectivity index is 1.59. The second-order valence-corrected chi connectivity index (χ2v) is 5.92. The van der Waals surface area contributed by atoms with Gasteiger partial charge in [-0.15, -0.1) is 11.3 Å². The van der Waals surface area contributed by atoms with Crippen LogP contribution in [0.15, 0.2) is 29.6 Å². The largest absolute Gasteiger partial charge is 0.493 e. The van der Waals surface area contributed by atoms with Gasteiger partial charge in [0.1, 0.15) is 5.75 Å². The molecule has 0 spiro atoms. The molecule has 0 saturated carbocycles. The molecule has 3 rings (SSSR count). The van der Waals surface area contributed by atoms with Crippen molar-refractivity contribution >= 4 is 11.3 Å². The topological polar surface area (TPSA) is 34.2 Å². The lowest BCUT2D eigenvalue weighted by molar-refractivity contribution is 0.264. The Kier molecular flexibility index (Phi) is 3.80. The van der Waals surface area contributed by atoms with Gasteiger partial charge < -0.3 is 10.1 Å². The summed E-state index contributed by atoms with van der Waals surface area (Å²) in [6.45, 7) is 4.70. The fourth-order valence-corrected chi connectivity index (χ4v) is 3.10. The molecular formula is C15H18N2OS. The molecule has 0 radical (unpaired) electrons. The summed E-state index contributed by atoms with van der Waals surface area (Å²) in [5, 5.41) is 6.77. The summed E-state index contributed by atoms with van der Waals surface area (Å²) in [6, 6.07) is 8.36. The van der Waals surface area contributed by atoms with Gasteiger partial charge in [-0.2, -0.15) is 0 Å². The fraction of sp³-hybridized carbons (Fsp3) is 0.400. The molecule has 4 heteroatoms. The van der Waals surface area contributed by atoms with Crippen LogP contribution in [0.4, 0.5) is 0 Å². The molecule has 1 aliphatic heterocycles. The fourth-order valence-electron chi connectivity index (χ4n) is 2.49. The lowest BCUT2D eigenvalue weighted by atomic mass is 9.93. The first-order valence-corrected chi connectivity index (χ1v) is 7.54. The molecule has 1 aromatic carbocycles. The maximum absolute atomic E-state index is 5.68. The van der Waals surface area contributed by atoms with E-state index < -0.39 is 0 Å². The highest BCUT2D eigenvalue weighted by Crippen LogP contribution is 2.32. The zero-order valence-corrected chi connectivity index (χ0v) is 11.9. The molecule has 1 aromatic heterocycles.